The highest BCUT2D eigenvalue weighted by Crippen LogP contribution is 2.33. The zero-order valence-corrected chi connectivity index (χ0v) is 11.7. The predicted molar refractivity (Wildman–Crippen MR) is 77.9 cm³/mol. The number of halogens is 3. The Bertz CT molecular complexity index is 594. The summed E-state index contributed by atoms with van der Waals surface area (Å²) in [6.07, 6.45) is -4.37. The van der Waals surface area contributed by atoms with Crippen LogP contribution in [0.25, 0.3) is 0 Å². The van der Waals surface area contributed by atoms with Gasteiger partial charge in [-0.1, -0.05) is 30.3 Å². The highest BCUT2D eigenvalue weighted by molar-refractivity contribution is 5.51. The molecule has 2 nitrogen and oxygen atoms in total. The van der Waals surface area contributed by atoms with E-state index in [1.165, 1.54) is 12.1 Å². The molecule has 0 saturated heterocycles. The van der Waals surface area contributed by atoms with Crippen LogP contribution in [0.15, 0.2) is 48.5 Å². The van der Waals surface area contributed by atoms with Gasteiger partial charge in [0, 0.05) is 25.8 Å². The summed E-state index contributed by atoms with van der Waals surface area (Å²) in [5, 5.41) is 0. The molecule has 0 fully saturated rings. The molecule has 0 aromatic heterocycles. The van der Waals surface area contributed by atoms with Gasteiger partial charge in [-0.15, -0.1) is 0 Å². The second kappa shape index (κ2) is 6.18. The van der Waals surface area contributed by atoms with E-state index in [1.54, 1.807) is 0 Å². The van der Waals surface area contributed by atoms with Gasteiger partial charge in [0.25, 0.3) is 0 Å². The maximum Gasteiger partial charge on any atom is 0.416 e. The zero-order chi connectivity index (χ0) is 15.5. The largest absolute Gasteiger partial charge is 0.416 e. The quantitative estimate of drug-likeness (QED) is 0.929. The van der Waals surface area contributed by atoms with Crippen molar-refractivity contribution in [2.24, 2.45) is 5.73 Å². The van der Waals surface area contributed by atoms with Crippen LogP contribution in [-0.4, -0.2) is 7.05 Å². The molecule has 0 saturated carbocycles. The smallest absolute Gasteiger partial charge is 0.370 e. The molecule has 112 valence electrons. The van der Waals surface area contributed by atoms with Gasteiger partial charge >= 0.3 is 6.18 Å². The Labute approximate surface area is 122 Å². The molecule has 5 heteroatoms. The zero-order valence-electron chi connectivity index (χ0n) is 11.7. The molecular formula is C16H17F3N2. The summed E-state index contributed by atoms with van der Waals surface area (Å²) in [5.41, 5.74) is 6.70. The standard InChI is InChI=1S/C16H17F3N2/c1-21(11-12-5-3-2-4-6-12)14-7-8-15(16(17,18)19)13(9-14)10-20/h2-9H,10-11,20H2,1H3. The van der Waals surface area contributed by atoms with Crippen molar-refractivity contribution in [1.82, 2.24) is 0 Å². The van der Waals surface area contributed by atoms with Crippen LogP contribution >= 0.6 is 0 Å². The first-order valence-corrected chi connectivity index (χ1v) is 6.57. The minimum absolute atomic E-state index is 0.111. The molecule has 0 aliphatic rings. The Morgan fingerprint density at radius 2 is 1.71 bits per heavy atom. The van der Waals surface area contributed by atoms with Gasteiger partial charge in [0.05, 0.1) is 5.56 Å². The van der Waals surface area contributed by atoms with Gasteiger partial charge in [-0.05, 0) is 29.3 Å². The molecule has 2 N–H and O–H groups in total. The molecule has 21 heavy (non-hydrogen) atoms. The van der Waals surface area contributed by atoms with Crippen LogP contribution in [0.3, 0.4) is 0 Å². The summed E-state index contributed by atoms with van der Waals surface area (Å²) in [5.74, 6) is 0. The maximum atomic E-state index is 12.8. The Morgan fingerprint density at radius 1 is 1.05 bits per heavy atom. The van der Waals surface area contributed by atoms with Crippen molar-refractivity contribution >= 4 is 5.69 Å². The first-order chi connectivity index (χ1) is 9.91. The van der Waals surface area contributed by atoms with Crippen LogP contribution < -0.4 is 10.6 Å². The molecule has 0 heterocycles. The van der Waals surface area contributed by atoms with E-state index < -0.39 is 11.7 Å². The van der Waals surface area contributed by atoms with Gasteiger partial charge in [0.2, 0.25) is 0 Å². The van der Waals surface area contributed by atoms with Gasteiger partial charge in [-0.2, -0.15) is 13.2 Å². The highest BCUT2D eigenvalue weighted by atomic mass is 19.4. The van der Waals surface area contributed by atoms with E-state index in [4.69, 9.17) is 5.73 Å². The second-order valence-corrected chi connectivity index (χ2v) is 4.88. The van der Waals surface area contributed by atoms with Gasteiger partial charge in [0.15, 0.2) is 0 Å². The number of hydrogen-bond donors (Lipinski definition) is 1. The lowest BCUT2D eigenvalue weighted by Gasteiger charge is -2.22. The highest BCUT2D eigenvalue weighted by Gasteiger charge is 2.33. The average molecular weight is 294 g/mol. The van der Waals surface area contributed by atoms with Gasteiger partial charge in [-0.3, -0.25) is 0 Å². The molecule has 0 aliphatic carbocycles. The molecular weight excluding hydrogens is 277 g/mol. The van der Waals surface area contributed by atoms with Crippen molar-refractivity contribution < 1.29 is 13.2 Å². The summed E-state index contributed by atoms with van der Waals surface area (Å²) >= 11 is 0. The number of rotatable bonds is 4. The Morgan fingerprint density at radius 3 is 2.29 bits per heavy atom. The third-order valence-electron chi connectivity index (χ3n) is 3.32. The fourth-order valence-corrected chi connectivity index (χ4v) is 2.21. The molecule has 0 aliphatic heterocycles. The van der Waals surface area contributed by atoms with Crippen molar-refractivity contribution in [1.29, 1.82) is 0 Å². The molecule has 2 rings (SSSR count). The number of anilines is 1. The van der Waals surface area contributed by atoms with Gasteiger partial charge in [-0.25, -0.2) is 0 Å². The summed E-state index contributed by atoms with van der Waals surface area (Å²) in [6, 6.07) is 13.8. The van der Waals surface area contributed by atoms with Crippen LogP contribution in [0.4, 0.5) is 18.9 Å². The Balaban J connectivity index is 2.24. The monoisotopic (exact) mass is 294 g/mol. The van der Waals surface area contributed by atoms with E-state index in [0.717, 1.165) is 11.6 Å². The van der Waals surface area contributed by atoms with Crippen LogP contribution in [0.1, 0.15) is 16.7 Å². The van der Waals surface area contributed by atoms with E-state index in [0.29, 0.717) is 12.2 Å². The summed E-state index contributed by atoms with van der Waals surface area (Å²) in [6.45, 7) is 0.484. The lowest BCUT2D eigenvalue weighted by atomic mass is 10.1. The molecule has 2 aromatic carbocycles. The number of nitrogens with zero attached hydrogens (tertiary/aromatic N) is 1. The van der Waals surface area contributed by atoms with Crippen LogP contribution in [0, 0.1) is 0 Å². The van der Waals surface area contributed by atoms with Crippen molar-refractivity contribution in [3.63, 3.8) is 0 Å². The number of benzene rings is 2. The second-order valence-electron chi connectivity index (χ2n) is 4.88. The minimum Gasteiger partial charge on any atom is -0.370 e. The average Bonchev–Trinajstić information content (AvgIpc) is 2.46. The van der Waals surface area contributed by atoms with E-state index in [-0.39, 0.29) is 12.1 Å². The number of nitrogens with two attached hydrogens (primary N) is 1. The fourth-order valence-electron chi connectivity index (χ4n) is 2.21. The Hall–Kier alpha value is -2.01. The SMILES string of the molecule is CN(Cc1ccccc1)c1ccc(C(F)(F)F)c(CN)c1. The normalized spacial score (nSPS) is 11.5. The van der Waals surface area contributed by atoms with Gasteiger partial charge < -0.3 is 10.6 Å². The van der Waals surface area contributed by atoms with Crippen molar-refractivity contribution in [2.45, 2.75) is 19.3 Å². The molecule has 0 atom stereocenters. The third kappa shape index (κ3) is 3.76. The molecule has 2 aromatic rings. The van der Waals surface area contributed by atoms with Gasteiger partial charge in [0.1, 0.15) is 0 Å². The summed E-state index contributed by atoms with van der Waals surface area (Å²) < 4.78 is 38.5. The van der Waals surface area contributed by atoms with Crippen LogP contribution in [-0.2, 0) is 19.3 Å². The van der Waals surface area contributed by atoms with Crippen molar-refractivity contribution in [3.8, 4) is 0 Å². The summed E-state index contributed by atoms with van der Waals surface area (Å²) in [4.78, 5) is 1.90. The lowest BCUT2D eigenvalue weighted by molar-refractivity contribution is -0.138. The molecule has 0 amide bonds. The molecule has 0 unspecified atom stereocenters. The minimum atomic E-state index is -4.37. The van der Waals surface area contributed by atoms with E-state index in [2.05, 4.69) is 0 Å². The summed E-state index contributed by atoms with van der Waals surface area (Å²) in [7, 11) is 1.84. The first kappa shape index (κ1) is 15.4. The van der Waals surface area contributed by atoms with E-state index in [1.807, 2.05) is 42.3 Å². The number of hydrogen-bond acceptors (Lipinski definition) is 2. The lowest BCUT2D eigenvalue weighted by Crippen LogP contribution is -2.18. The van der Waals surface area contributed by atoms with E-state index >= 15 is 0 Å². The van der Waals surface area contributed by atoms with Crippen LogP contribution in [0.5, 0.6) is 0 Å². The fraction of sp³-hybridized carbons (Fsp3) is 0.250. The maximum absolute atomic E-state index is 12.8. The van der Waals surface area contributed by atoms with Crippen molar-refractivity contribution in [2.75, 3.05) is 11.9 Å². The predicted octanol–water partition coefficient (Wildman–Crippen LogP) is 3.80. The van der Waals surface area contributed by atoms with Crippen LogP contribution in [0.2, 0.25) is 0 Å². The Kier molecular flexibility index (Phi) is 4.53. The van der Waals surface area contributed by atoms with Crippen molar-refractivity contribution in [3.05, 3.63) is 65.2 Å². The molecule has 0 spiro atoms. The van der Waals surface area contributed by atoms with E-state index in [9.17, 15) is 13.2 Å². The third-order valence-corrected chi connectivity index (χ3v) is 3.32. The number of alkyl halides is 3. The molecule has 0 radical (unpaired) electrons. The molecule has 0 bridgehead atoms. The topological polar surface area (TPSA) is 29.3 Å². The first-order valence-electron chi connectivity index (χ1n) is 6.57.